The van der Waals surface area contributed by atoms with E-state index in [2.05, 4.69) is 27.8 Å². The first-order chi connectivity index (χ1) is 13.7. The number of nitrogens with one attached hydrogen (secondary N) is 2. The summed E-state index contributed by atoms with van der Waals surface area (Å²) in [7, 11) is -5.25. The van der Waals surface area contributed by atoms with Crippen LogP contribution in [0.15, 0.2) is 35.3 Å². The second-order valence-electron chi connectivity index (χ2n) is 7.50. The molecule has 1 aliphatic carbocycles. The smallest absolute Gasteiger partial charge is 0.357 e. The van der Waals surface area contributed by atoms with Crippen LogP contribution < -0.4 is 10.6 Å². The van der Waals surface area contributed by atoms with Gasteiger partial charge in [0.1, 0.15) is 0 Å². The molecule has 0 radical (unpaired) electrons. The number of alkyl halides is 3. The summed E-state index contributed by atoms with van der Waals surface area (Å²) in [5.74, 6) is 1.65. The molecule has 0 amide bonds. The molecule has 1 saturated heterocycles. The molecule has 0 bridgehead atoms. The van der Waals surface area contributed by atoms with Gasteiger partial charge in [0.25, 0.3) is 0 Å². The number of hydrogen-bond acceptors (Lipinski definition) is 3. The van der Waals surface area contributed by atoms with Crippen LogP contribution in [0.3, 0.4) is 0 Å². The zero-order chi connectivity index (χ0) is 21.1. The molecule has 0 spiro atoms. The second kappa shape index (κ2) is 10.5. The lowest BCUT2D eigenvalue weighted by Gasteiger charge is -2.32. The van der Waals surface area contributed by atoms with Crippen LogP contribution in [0.5, 0.6) is 0 Å². The molecule has 170 valence electrons. The average Bonchev–Trinajstić information content (AvgIpc) is 3.46. The first kappa shape index (κ1) is 25.2. The van der Waals surface area contributed by atoms with Crippen molar-refractivity contribution < 1.29 is 21.6 Å². The van der Waals surface area contributed by atoms with Gasteiger partial charge in [0.05, 0.1) is 0 Å². The predicted molar refractivity (Wildman–Crippen MR) is 121 cm³/mol. The maximum absolute atomic E-state index is 12.7. The molecule has 2 unspecified atom stereocenters. The zero-order valence-corrected chi connectivity index (χ0v) is 19.9. The first-order valence-corrected chi connectivity index (χ1v) is 11.3. The van der Waals surface area contributed by atoms with Crippen molar-refractivity contribution >= 4 is 40.0 Å². The monoisotopic (exact) mass is 560 g/mol. The summed E-state index contributed by atoms with van der Waals surface area (Å²) in [6.07, 6.45) is 1.70. The Bertz CT molecular complexity index is 813. The molecule has 2 N–H and O–H groups in total. The number of aliphatic imine (C=N–C) groups is 1. The van der Waals surface area contributed by atoms with Crippen molar-refractivity contribution in [2.75, 3.05) is 26.2 Å². The van der Waals surface area contributed by atoms with Gasteiger partial charge in [0, 0.05) is 32.2 Å². The van der Waals surface area contributed by atoms with Gasteiger partial charge in [0.2, 0.25) is 0 Å². The number of sulfonamides is 1. The van der Waals surface area contributed by atoms with Gasteiger partial charge < -0.3 is 10.6 Å². The van der Waals surface area contributed by atoms with Gasteiger partial charge in [-0.25, -0.2) is 8.42 Å². The van der Waals surface area contributed by atoms with Crippen molar-refractivity contribution in [1.82, 2.24) is 14.9 Å². The molecule has 2 aliphatic rings. The Labute approximate surface area is 192 Å². The first-order valence-electron chi connectivity index (χ1n) is 9.88. The summed E-state index contributed by atoms with van der Waals surface area (Å²) in [5.41, 5.74) is -3.92. The van der Waals surface area contributed by atoms with Crippen LogP contribution in [0, 0.1) is 5.92 Å². The summed E-state index contributed by atoms with van der Waals surface area (Å²) < 4.78 is 61.6. The third-order valence-corrected chi connectivity index (χ3v) is 7.04. The van der Waals surface area contributed by atoms with Gasteiger partial charge in [0.15, 0.2) is 5.96 Å². The molecule has 2 atom stereocenters. The van der Waals surface area contributed by atoms with E-state index in [0.29, 0.717) is 48.0 Å². The third-order valence-electron chi connectivity index (χ3n) is 5.41. The Morgan fingerprint density at radius 2 is 1.83 bits per heavy atom. The number of hydrogen-bond donors (Lipinski definition) is 2. The molecule has 1 saturated carbocycles. The quantitative estimate of drug-likeness (QED) is 0.319. The van der Waals surface area contributed by atoms with Gasteiger partial charge in [-0.2, -0.15) is 17.5 Å². The van der Waals surface area contributed by atoms with E-state index < -0.39 is 15.5 Å². The van der Waals surface area contributed by atoms with Gasteiger partial charge in [-0.05, 0) is 43.6 Å². The van der Waals surface area contributed by atoms with E-state index in [1.54, 1.807) is 0 Å². The van der Waals surface area contributed by atoms with Crippen LogP contribution in [0.4, 0.5) is 13.2 Å². The number of nitrogens with zero attached hydrogens (tertiary/aromatic N) is 2. The summed E-state index contributed by atoms with van der Waals surface area (Å²) in [6.45, 7) is 2.98. The highest BCUT2D eigenvalue weighted by atomic mass is 127. The fourth-order valence-electron chi connectivity index (χ4n) is 3.67. The Hall–Kier alpha value is -1.08. The lowest BCUT2D eigenvalue weighted by Crippen LogP contribution is -2.51. The number of guanidine groups is 1. The Balaban J connectivity index is 0.00000320. The zero-order valence-electron chi connectivity index (χ0n) is 16.7. The minimum atomic E-state index is -5.25. The van der Waals surface area contributed by atoms with Crippen molar-refractivity contribution in [3.63, 3.8) is 0 Å². The van der Waals surface area contributed by atoms with Gasteiger partial charge in [-0.15, -0.1) is 24.0 Å². The van der Waals surface area contributed by atoms with Crippen LogP contribution >= 0.6 is 24.0 Å². The molecule has 2 fully saturated rings. The lowest BCUT2D eigenvalue weighted by molar-refractivity contribution is -0.0494. The van der Waals surface area contributed by atoms with Crippen molar-refractivity contribution in [2.24, 2.45) is 10.9 Å². The molecule has 1 aromatic rings. The number of halogens is 4. The minimum absolute atomic E-state index is 0. The minimum Gasteiger partial charge on any atom is -0.357 e. The SMILES string of the molecule is CCNC(=NCC1CC1c1ccccc1)NC1CCN(S(=O)(=O)C(F)(F)F)CC1.I. The van der Waals surface area contributed by atoms with Crippen molar-refractivity contribution in [3.8, 4) is 0 Å². The fraction of sp³-hybridized carbons (Fsp3) is 0.632. The molecule has 30 heavy (non-hydrogen) atoms. The molecule has 3 rings (SSSR count). The highest BCUT2D eigenvalue weighted by Gasteiger charge is 2.50. The van der Waals surface area contributed by atoms with Gasteiger partial charge in [-0.3, -0.25) is 4.99 Å². The van der Waals surface area contributed by atoms with E-state index in [9.17, 15) is 21.6 Å². The topological polar surface area (TPSA) is 73.8 Å². The van der Waals surface area contributed by atoms with E-state index in [-0.39, 0.29) is 43.1 Å². The fourth-order valence-corrected chi connectivity index (χ4v) is 4.65. The van der Waals surface area contributed by atoms with Crippen LogP contribution in [-0.2, 0) is 10.0 Å². The van der Waals surface area contributed by atoms with Crippen LogP contribution in [0.25, 0.3) is 0 Å². The van der Waals surface area contributed by atoms with Crippen LogP contribution in [-0.4, -0.2) is 56.4 Å². The molecular formula is C19H28F3IN4O2S. The number of benzene rings is 1. The Morgan fingerprint density at radius 1 is 1.20 bits per heavy atom. The highest BCUT2D eigenvalue weighted by Crippen LogP contribution is 2.47. The summed E-state index contributed by atoms with van der Waals surface area (Å²) in [5, 5.41) is 6.40. The Morgan fingerprint density at radius 3 is 2.40 bits per heavy atom. The van der Waals surface area contributed by atoms with Gasteiger partial charge >= 0.3 is 15.5 Å². The molecule has 6 nitrogen and oxygen atoms in total. The maximum Gasteiger partial charge on any atom is 0.511 e. The third kappa shape index (κ3) is 6.22. The molecule has 1 heterocycles. The molecule has 0 aromatic heterocycles. The molecular weight excluding hydrogens is 532 g/mol. The van der Waals surface area contributed by atoms with Crippen molar-refractivity contribution in [1.29, 1.82) is 0 Å². The van der Waals surface area contributed by atoms with Crippen molar-refractivity contribution in [2.45, 2.75) is 43.7 Å². The summed E-state index contributed by atoms with van der Waals surface area (Å²) >= 11 is 0. The van der Waals surface area contributed by atoms with E-state index in [1.165, 1.54) is 5.56 Å². The standard InChI is InChI=1S/C19H27F3N4O2S.HI/c1-2-23-18(24-13-15-12-17(15)14-6-4-3-5-7-14)25-16-8-10-26(11-9-16)29(27,28)19(20,21)22;/h3-7,15-17H,2,8-13H2,1H3,(H2,23,24,25);1H. The van der Waals surface area contributed by atoms with Crippen LogP contribution in [0.1, 0.15) is 37.7 Å². The maximum atomic E-state index is 12.7. The van der Waals surface area contributed by atoms with E-state index in [4.69, 9.17) is 0 Å². The number of rotatable bonds is 6. The normalized spacial score (nSPS) is 23.5. The lowest BCUT2D eigenvalue weighted by atomic mass is 10.1. The Kier molecular flexibility index (Phi) is 8.80. The van der Waals surface area contributed by atoms with Gasteiger partial charge in [-0.1, -0.05) is 30.3 Å². The largest absolute Gasteiger partial charge is 0.511 e. The molecule has 1 aliphatic heterocycles. The summed E-state index contributed by atoms with van der Waals surface area (Å²) in [6, 6.07) is 10.2. The van der Waals surface area contributed by atoms with Crippen LogP contribution in [0.2, 0.25) is 0 Å². The predicted octanol–water partition coefficient (Wildman–Crippen LogP) is 3.28. The van der Waals surface area contributed by atoms with E-state index in [0.717, 1.165) is 6.42 Å². The van der Waals surface area contributed by atoms with Crippen molar-refractivity contribution in [3.05, 3.63) is 35.9 Å². The molecule has 11 heteroatoms. The number of piperidine rings is 1. The average molecular weight is 560 g/mol. The van der Waals surface area contributed by atoms with E-state index in [1.807, 2.05) is 25.1 Å². The highest BCUT2D eigenvalue weighted by molar-refractivity contribution is 14.0. The van der Waals surface area contributed by atoms with E-state index >= 15 is 0 Å². The molecule has 1 aromatic carbocycles. The second-order valence-corrected chi connectivity index (χ2v) is 9.43. The summed E-state index contributed by atoms with van der Waals surface area (Å²) in [4.78, 5) is 4.63.